The van der Waals surface area contributed by atoms with Crippen LogP contribution in [-0.4, -0.2) is 38.4 Å². The number of nitrogens with one attached hydrogen (secondary N) is 2. The number of amides is 1. The Labute approximate surface area is 162 Å². The average molecular weight is 413 g/mol. The fraction of sp³-hybridized carbons (Fsp3) is 0.278. The minimum atomic E-state index is -3.01. The second-order valence-electron chi connectivity index (χ2n) is 6.23. The standard InChI is InChI=1S/C18H18Cl2N2O3S/c19-16-5-4-13(9-17(16)20)12-2-1-3-14(8-12)21-10-18(23)22-15-6-7-26(24,25)11-15/h1-5,8-9,15,21H,6-7,10-11H2,(H,22,23). The third-order valence-electron chi connectivity index (χ3n) is 4.17. The summed E-state index contributed by atoms with van der Waals surface area (Å²) in [5.74, 6) is -0.0742. The van der Waals surface area contributed by atoms with Crippen molar-refractivity contribution < 1.29 is 13.2 Å². The van der Waals surface area contributed by atoms with Gasteiger partial charge in [-0.1, -0.05) is 41.4 Å². The van der Waals surface area contributed by atoms with E-state index in [9.17, 15) is 13.2 Å². The molecule has 1 fully saturated rings. The quantitative estimate of drug-likeness (QED) is 0.788. The molecular formula is C18H18Cl2N2O3S. The van der Waals surface area contributed by atoms with Crippen molar-refractivity contribution in [1.82, 2.24) is 5.32 Å². The molecule has 1 unspecified atom stereocenters. The number of rotatable bonds is 5. The first-order valence-corrected chi connectivity index (χ1v) is 10.7. The van der Waals surface area contributed by atoms with Gasteiger partial charge in [-0.2, -0.15) is 0 Å². The monoisotopic (exact) mass is 412 g/mol. The molecule has 8 heteroatoms. The van der Waals surface area contributed by atoms with Crippen LogP contribution in [0.2, 0.25) is 10.0 Å². The molecule has 138 valence electrons. The molecule has 1 saturated heterocycles. The van der Waals surface area contributed by atoms with Crippen molar-refractivity contribution in [3.63, 3.8) is 0 Å². The molecule has 5 nitrogen and oxygen atoms in total. The largest absolute Gasteiger partial charge is 0.376 e. The van der Waals surface area contributed by atoms with Crippen LogP contribution >= 0.6 is 23.2 Å². The van der Waals surface area contributed by atoms with Gasteiger partial charge in [0.05, 0.1) is 28.1 Å². The van der Waals surface area contributed by atoms with Crippen LogP contribution in [0.15, 0.2) is 42.5 Å². The lowest BCUT2D eigenvalue weighted by Crippen LogP contribution is -2.39. The predicted molar refractivity (Wildman–Crippen MR) is 106 cm³/mol. The minimum absolute atomic E-state index is 0.0194. The molecular weight excluding hydrogens is 395 g/mol. The van der Waals surface area contributed by atoms with Crippen molar-refractivity contribution in [3.8, 4) is 11.1 Å². The summed E-state index contributed by atoms with van der Waals surface area (Å²) in [6, 6.07) is 12.7. The highest BCUT2D eigenvalue weighted by Crippen LogP contribution is 2.29. The fourth-order valence-electron chi connectivity index (χ4n) is 2.85. The molecule has 2 aromatic rings. The van der Waals surface area contributed by atoms with Gasteiger partial charge in [0.15, 0.2) is 9.84 Å². The Morgan fingerprint density at radius 1 is 1.08 bits per heavy atom. The van der Waals surface area contributed by atoms with Gasteiger partial charge >= 0.3 is 0 Å². The molecule has 2 N–H and O–H groups in total. The van der Waals surface area contributed by atoms with Crippen molar-refractivity contribution in [2.45, 2.75) is 12.5 Å². The summed E-state index contributed by atoms with van der Waals surface area (Å²) < 4.78 is 22.9. The van der Waals surface area contributed by atoms with E-state index >= 15 is 0 Å². The molecule has 0 radical (unpaired) electrons. The summed E-state index contributed by atoms with van der Waals surface area (Å²) in [5, 5.41) is 6.78. The Kier molecular flexibility index (Phi) is 5.75. The molecule has 2 aromatic carbocycles. The summed E-state index contributed by atoms with van der Waals surface area (Å²) in [4.78, 5) is 12.0. The molecule has 0 saturated carbocycles. The summed E-state index contributed by atoms with van der Waals surface area (Å²) in [6.45, 7) is 0.0708. The first-order chi connectivity index (χ1) is 12.3. The number of anilines is 1. The Bertz CT molecular complexity index is 932. The number of sulfone groups is 1. The van der Waals surface area contributed by atoms with E-state index in [0.717, 1.165) is 16.8 Å². The number of carbonyl (C=O) groups is 1. The summed E-state index contributed by atoms with van der Waals surface area (Å²) in [7, 11) is -3.01. The highest BCUT2D eigenvalue weighted by Gasteiger charge is 2.28. The molecule has 1 heterocycles. The molecule has 0 aromatic heterocycles. The number of hydrogen-bond acceptors (Lipinski definition) is 4. The maximum atomic E-state index is 12.0. The molecule has 0 bridgehead atoms. The third kappa shape index (κ3) is 4.90. The van der Waals surface area contributed by atoms with E-state index in [-0.39, 0.29) is 30.0 Å². The smallest absolute Gasteiger partial charge is 0.239 e. The first kappa shape index (κ1) is 19.0. The second-order valence-corrected chi connectivity index (χ2v) is 9.27. The van der Waals surface area contributed by atoms with E-state index in [0.29, 0.717) is 16.5 Å². The van der Waals surface area contributed by atoms with E-state index in [1.807, 2.05) is 30.3 Å². The fourth-order valence-corrected chi connectivity index (χ4v) is 4.83. The van der Waals surface area contributed by atoms with Crippen molar-refractivity contribution >= 4 is 44.6 Å². The zero-order valence-electron chi connectivity index (χ0n) is 13.8. The highest BCUT2D eigenvalue weighted by molar-refractivity contribution is 7.91. The maximum absolute atomic E-state index is 12.0. The number of carbonyl (C=O) groups excluding carboxylic acids is 1. The van der Waals surface area contributed by atoms with Crippen molar-refractivity contribution in [1.29, 1.82) is 0 Å². The second kappa shape index (κ2) is 7.86. The Morgan fingerprint density at radius 2 is 1.85 bits per heavy atom. The van der Waals surface area contributed by atoms with Gasteiger partial charge in [-0.05, 0) is 41.8 Å². The van der Waals surface area contributed by atoms with E-state index in [1.165, 1.54) is 0 Å². The third-order valence-corrected chi connectivity index (χ3v) is 6.67. The lowest BCUT2D eigenvalue weighted by atomic mass is 10.1. The Balaban J connectivity index is 1.60. The van der Waals surface area contributed by atoms with Crippen LogP contribution in [0.3, 0.4) is 0 Å². The van der Waals surface area contributed by atoms with Crippen molar-refractivity contribution in [3.05, 3.63) is 52.5 Å². The van der Waals surface area contributed by atoms with Crippen LogP contribution in [0.4, 0.5) is 5.69 Å². The van der Waals surface area contributed by atoms with Gasteiger partial charge in [-0.25, -0.2) is 8.42 Å². The summed E-state index contributed by atoms with van der Waals surface area (Å²) in [5.41, 5.74) is 2.64. The molecule has 3 rings (SSSR count). The molecule has 1 aliphatic rings. The minimum Gasteiger partial charge on any atom is -0.376 e. The SMILES string of the molecule is O=C(CNc1cccc(-c2ccc(Cl)c(Cl)c2)c1)NC1CCS(=O)(=O)C1. The van der Waals surface area contributed by atoms with Crippen LogP contribution in [0.25, 0.3) is 11.1 Å². The van der Waals surface area contributed by atoms with Crippen molar-refractivity contribution in [2.75, 3.05) is 23.4 Å². The van der Waals surface area contributed by atoms with Crippen LogP contribution in [0, 0.1) is 0 Å². The summed E-state index contributed by atoms with van der Waals surface area (Å²) in [6.07, 6.45) is 0.473. The average Bonchev–Trinajstić information content (AvgIpc) is 2.94. The highest BCUT2D eigenvalue weighted by atomic mass is 35.5. The lowest BCUT2D eigenvalue weighted by molar-refractivity contribution is -0.119. The maximum Gasteiger partial charge on any atom is 0.239 e. The van der Waals surface area contributed by atoms with Gasteiger partial charge in [-0.15, -0.1) is 0 Å². The van der Waals surface area contributed by atoms with E-state index in [1.54, 1.807) is 12.1 Å². The number of halogens is 2. The van der Waals surface area contributed by atoms with Gasteiger partial charge in [0.2, 0.25) is 5.91 Å². The topological polar surface area (TPSA) is 75.3 Å². The van der Waals surface area contributed by atoms with E-state index in [2.05, 4.69) is 10.6 Å². The van der Waals surface area contributed by atoms with E-state index < -0.39 is 9.84 Å². The number of hydrogen-bond donors (Lipinski definition) is 2. The normalized spacial score (nSPS) is 18.5. The van der Waals surface area contributed by atoms with E-state index in [4.69, 9.17) is 23.2 Å². The van der Waals surface area contributed by atoms with Crippen molar-refractivity contribution in [2.24, 2.45) is 0 Å². The van der Waals surface area contributed by atoms with Crippen LogP contribution in [-0.2, 0) is 14.6 Å². The molecule has 1 amide bonds. The van der Waals surface area contributed by atoms with Gasteiger partial charge in [0.1, 0.15) is 0 Å². The summed E-state index contributed by atoms with van der Waals surface area (Å²) >= 11 is 12.0. The zero-order chi connectivity index (χ0) is 18.7. The van der Waals surface area contributed by atoms with Gasteiger partial charge < -0.3 is 10.6 Å². The molecule has 1 atom stereocenters. The van der Waals surface area contributed by atoms with Gasteiger partial charge in [0.25, 0.3) is 0 Å². The molecule has 26 heavy (non-hydrogen) atoms. The van der Waals surface area contributed by atoms with Crippen LogP contribution in [0.1, 0.15) is 6.42 Å². The lowest BCUT2D eigenvalue weighted by Gasteiger charge is -2.12. The van der Waals surface area contributed by atoms with Gasteiger partial charge in [0, 0.05) is 11.7 Å². The predicted octanol–water partition coefficient (Wildman–Crippen LogP) is 3.38. The zero-order valence-corrected chi connectivity index (χ0v) is 16.2. The Morgan fingerprint density at radius 3 is 2.54 bits per heavy atom. The Hall–Kier alpha value is -1.76. The number of benzene rings is 2. The van der Waals surface area contributed by atoms with Gasteiger partial charge in [-0.3, -0.25) is 4.79 Å². The molecule has 0 aliphatic carbocycles. The van der Waals surface area contributed by atoms with Crippen LogP contribution in [0.5, 0.6) is 0 Å². The first-order valence-electron chi connectivity index (χ1n) is 8.11. The molecule has 0 spiro atoms. The van der Waals surface area contributed by atoms with Crippen LogP contribution < -0.4 is 10.6 Å². The molecule has 1 aliphatic heterocycles.